The van der Waals surface area contributed by atoms with Crippen molar-refractivity contribution >= 4 is 51.7 Å². The lowest BCUT2D eigenvalue weighted by Crippen LogP contribution is -2.23. The molecule has 1 atom stereocenters. The lowest BCUT2D eigenvalue weighted by atomic mass is 10.2. The van der Waals surface area contributed by atoms with Crippen molar-refractivity contribution < 1.29 is 0 Å². The van der Waals surface area contributed by atoms with Crippen molar-refractivity contribution in [3.63, 3.8) is 0 Å². The molecule has 3 rings (SSSR count). The second kappa shape index (κ2) is 6.20. The predicted octanol–water partition coefficient (Wildman–Crippen LogP) is 3.54. The first-order valence-electron chi connectivity index (χ1n) is 6.19. The van der Waals surface area contributed by atoms with Crippen molar-refractivity contribution in [1.29, 1.82) is 0 Å². The minimum Gasteiger partial charge on any atom is -0.367 e. The molecule has 0 spiro atoms. The molecule has 1 N–H and O–H groups in total. The summed E-state index contributed by atoms with van der Waals surface area (Å²) < 4.78 is 0. The topological polar surface area (TPSA) is 37.8 Å². The maximum Gasteiger partial charge on any atom is 0.159 e. The van der Waals surface area contributed by atoms with Crippen LogP contribution in [-0.2, 0) is 0 Å². The number of anilines is 1. The zero-order chi connectivity index (χ0) is 13.1. The van der Waals surface area contributed by atoms with Crippen molar-refractivity contribution in [2.75, 3.05) is 29.1 Å². The van der Waals surface area contributed by atoms with E-state index in [1.165, 1.54) is 17.3 Å². The summed E-state index contributed by atoms with van der Waals surface area (Å²) in [6.45, 7) is 0.929. The average Bonchev–Trinajstić information content (AvgIpc) is 2.48. The molecule has 1 unspecified atom stereocenters. The molecule has 0 bridgehead atoms. The molecule has 2 heterocycles. The summed E-state index contributed by atoms with van der Waals surface area (Å²) in [5, 5.41) is 14.7. The van der Waals surface area contributed by atoms with Crippen LogP contribution < -0.4 is 5.32 Å². The van der Waals surface area contributed by atoms with E-state index in [0.717, 1.165) is 23.1 Å². The van der Waals surface area contributed by atoms with Crippen LogP contribution in [0, 0.1) is 0 Å². The van der Waals surface area contributed by atoms with Gasteiger partial charge in [-0.1, -0.05) is 35.9 Å². The maximum absolute atomic E-state index is 6.07. The number of fused-ring (bicyclic) bond motifs is 1. The van der Waals surface area contributed by atoms with Crippen molar-refractivity contribution in [3.05, 3.63) is 29.4 Å². The highest BCUT2D eigenvalue weighted by atomic mass is 35.5. The molecule has 19 heavy (non-hydrogen) atoms. The summed E-state index contributed by atoms with van der Waals surface area (Å²) >= 11 is 10.1. The molecule has 0 radical (unpaired) electrons. The monoisotopic (exact) mass is 311 g/mol. The van der Waals surface area contributed by atoms with Gasteiger partial charge in [-0.15, -0.1) is 10.2 Å². The molecule has 1 aliphatic rings. The fraction of sp³-hybridized carbons (Fsp3) is 0.385. The number of rotatable bonds is 3. The van der Waals surface area contributed by atoms with E-state index in [4.69, 9.17) is 11.6 Å². The Morgan fingerprint density at radius 2 is 2.05 bits per heavy atom. The molecule has 1 aromatic carbocycles. The Morgan fingerprint density at radius 3 is 2.84 bits per heavy atom. The number of nitrogens with zero attached hydrogens (tertiary/aromatic N) is 2. The van der Waals surface area contributed by atoms with E-state index in [0.29, 0.717) is 10.4 Å². The lowest BCUT2D eigenvalue weighted by molar-refractivity contribution is 0.969. The summed E-state index contributed by atoms with van der Waals surface area (Å²) in [6.07, 6.45) is 0. The van der Waals surface area contributed by atoms with Crippen LogP contribution in [-0.4, -0.2) is 39.3 Å². The molecule has 0 aliphatic carbocycles. The Bertz CT molecular complexity index is 573. The molecule has 1 fully saturated rings. The zero-order valence-electron chi connectivity index (χ0n) is 10.3. The van der Waals surface area contributed by atoms with E-state index in [2.05, 4.69) is 15.5 Å². The minimum atomic E-state index is 0.462. The van der Waals surface area contributed by atoms with Gasteiger partial charge in [0.1, 0.15) is 0 Å². The van der Waals surface area contributed by atoms with E-state index in [1.54, 1.807) is 0 Å². The van der Waals surface area contributed by atoms with Crippen LogP contribution >= 0.6 is 35.1 Å². The van der Waals surface area contributed by atoms with Gasteiger partial charge in [0, 0.05) is 39.8 Å². The van der Waals surface area contributed by atoms with Gasteiger partial charge in [0.15, 0.2) is 11.0 Å². The predicted molar refractivity (Wildman–Crippen MR) is 86.6 cm³/mol. The van der Waals surface area contributed by atoms with Gasteiger partial charge in [-0.2, -0.15) is 23.5 Å². The van der Waals surface area contributed by atoms with Crippen LogP contribution in [0.25, 0.3) is 10.8 Å². The lowest BCUT2D eigenvalue weighted by Gasteiger charge is -2.21. The number of nitrogens with one attached hydrogen (secondary N) is 1. The molecule has 100 valence electrons. The fourth-order valence-corrected chi connectivity index (χ4v) is 4.88. The van der Waals surface area contributed by atoms with E-state index < -0.39 is 0 Å². The first-order chi connectivity index (χ1) is 9.34. The first kappa shape index (κ1) is 13.3. The number of benzene rings is 1. The number of thioether (sulfide) groups is 2. The summed E-state index contributed by atoms with van der Waals surface area (Å²) in [4.78, 5) is 0. The second-order valence-electron chi connectivity index (χ2n) is 4.33. The molecule has 2 aromatic rings. The van der Waals surface area contributed by atoms with Gasteiger partial charge in [-0.05, 0) is 0 Å². The fourth-order valence-electron chi connectivity index (χ4n) is 2.07. The molecule has 0 amide bonds. The summed E-state index contributed by atoms with van der Waals surface area (Å²) in [7, 11) is 0. The molecule has 1 saturated heterocycles. The van der Waals surface area contributed by atoms with Crippen LogP contribution in [0.2, 0.25) is 5.15 Å². The third-order valence-electron chi connectivity index (χ3n) is 3.02. The van der Waals surface area contributed by atoms with Crippen LogP contribution in [0.15, 0.2) is 24.3 Å². The Balaban J connectivity index is 1.79. The maximum atomic E-state index is 6.07. The standard InChI is InChI=1S/C13H14ClN3S2/c14-12-10-3-1-2-4-11(10)13(17-16-12)15-7-9-8-18-5-6-19-9/h1-4,9H,5-8H2,(H,15,17). The van der Waals surface area contributed by atoms with E-state index >= 15 is 0 Å². The van der Waals surface area contributed by atoms with Crippen molar-refractivity contribution in [2.24, 2.45) is 0 Å². The second-order valence-corrected chi connectivity index (χ2v) is 7.25. The van der Waals surface area contributed by atoms with Crippen LogP contribution in [0.1, 0.15) is 0 Å². The highest BCUT2D eigenvalue weighted by Crippen LogP contribution is 2.27. The van der Waals surface area contributed by atoms with Crippen LogP contribution in [0.3, 0.4) is 0 Å². The van der Waals surface area contributed by atoms with Crippen molar-refractivity contribution in [1.82, 2.24) is 10.2 Å². The van der Waals surface area contributed by atoms with Crippen LogP contribution in [0.4, 0.5) is 5.82 Å². The molecular formula is C13H14ClN3S2. The van der Waals surface area contributed by atoms with Gasteiger partial charge in [0.05, 0.1) is 0 Å². The molecule has 3 nitrogen and oxygen atoms in total. The Hall–Kier alpha value is -0.650. The van der Waals surface area contributed by atoms with Gasteiger partial charge in [-0.3, -0.25) is 0 Å². The summed E-state index contributed by atoms with van der Waals surface area (Å²) in [6, 6.07) is 7.97. The van der Waals surface area contributed by atoms with E-state index in [-0.39, 0.29) is 0 Å². The van der Waals surface area contributed by atoms with Crippen molar-refractivity contribution in [3.8, 4) is 0 Å². The highest BCUT2D eigenvalue weighted by molar-refractivity contribution is 8.06. The molecule has 1 aliphatic heterocycles. The number of halogens is 1. The van der Waals surface area contributed by atoms with Crippen molar-refractivity contribution in [2.45, 2.75) is 5.25 Å². The third-order valence-corrected chi connectivity index (χ3v) is 6.15. The summed E-state index contributed by atoms with van der Waals surface area (Å²) in [5.41, 5.74) is 0. The zero-order valence-corrected chi connectivity index (χ0v) is 12.7. The third kappa shape index (κ3) is 3.09. The number of aromatic nitrogens is 2. The van der Waals surface area contributed by atoms with Gasteiger partial charge in [0.25, 0.3) is 0 Å². The van der Waals surface area contributed by atoms with Gasteiger partial charge in [0.2, 0.25) is 0 Å². The van der Waals surface area contributed by atoms with Gasteiger partial charge in [-0.25, -0.2) is 0 Å². The Labute approximate surface area is 125 Å². The minimum absolute atomic E-state index is 0.462. The quantitative estimate of drug-likeness (QED) is 0.938. The van der Waals surface area contributed by atoms with E-state index in [1.807, 2.05) is 47.8 Å². The number of hydrogen-bond donors (Lipinski definition) is 1. The van der Waals surface area contributed by atoms with Gasteiger partial charge < -0.3 is 5.32 Å². The SMILES string of the molecule is Clc1nnc(NCC2CSCCS2)c2ccccc12. The molecule has 6 heteroatoms. The summed E-state index contributed by atoms with van der Waals surface area (Å²) in [5.74, 6) is 4.54. The highest BCUT2D eigenvalue weighted by Gasteiger charge is 2.15. The van der Waals surface area contributed by atoms with E-state index in [9.17, 15) is 0 Å². The largest absolute Gasteiger partial charge is 0.367 e. The Morgan fingerprint density at radius 1 is 1.21 bits per heavy atom. The van der Waals surface area contributed by atoms with Crippen LogP contribution in [0.5, 0.6) is 0 Å². The normalized spacial score (nSPS) is 19.5. The smallest absolute Gasteiger partial charge is 0.159 e. The Kier molecular flexibility index (Phi) is 4.35. The van der Waals surface area contributed by atoms with Gasteiger partial charge >= 0.3 is 0 Å². The first-order valence-corrected chi connectivity index (χ1v) is 8.77. The molecule has 0 saturated carbocycles. The molecular weight excluding hydrogens is 298 g/mol. The molecule has 1 aromatic heterocycles. The average molecular weight is 312 g/mol. The number of hydrogen-bond acceptors (Lipinski definition) is 5.